The van der Waals surface area contributed by atoms with Gasteiger partial charge in [-0.3, -0.25) is 20.2 Å². The number of nitrogens with zero attached hydrogens (tertiary/aromatic N) is 5. The first kappa shape index (κ1) is 15.9. The summed E-state index contributed by atoms with van der Waals surface area (Å²) in [5.41, 5.74) is 3.08. The fourth-order valence-electron chi connectivity index (χ4n) is 1.99. The van der Waals surface area contributed by atoms with Crippen molar-refractivity contribution in [1.82, 2.24) is 11.0 Å². The molecule has 1 aliphatic rings. The zero-order valence-electron chi connectivity index (χ0n) is 11.4. The summed E-state index contributed by atoms with van der Waals surface area (Å²) in [6, 6.07) is 4.33. The fourth-order valence-corrected chi connectivity index (χ4v) is 1.99. The second-order valence-electron chi connectivity index (χ2n) is 4.34. The van der Waals surface area contributed by atoms with E-state index in [1.807, 2.05) is 0 Å². The van der Waals surface area contributed by atoms with E-state index in [2.05, 4.69) is 5.43 Å². The Hall–Kier alpha value is -3.52. The Bertz CT molecular complexity index is 717. The monoisotopic (exact) mass is 327 g/mol. The molecular weight excluding hydrogens is 318 g/mol. The van der Waals surface area contributed by atoms with E-state index in [1.54, 1.807) is 0 Å². The van der Waals surface area contributed by atoms with Crippen molar-refractivity contribution < 1.29 is 19.7 Å². The lowest BCUT2D eigenvalue weighted by atomic mass is 10.3. The predicted molar refractivity (Wildman–Crippen MR) is 72.2 cm³/mol. The third-order valence-electron chi connectivity index (χ3n) is 2.87. The quantitative estimate of drug-likeness (QED) is 0.330. The maximum atomic E-state index is 12.7. The highest BCUT2D eigenvalue weighted by molar-refractivity contribution is 5.49. The zero-order chi connectivity index (χ0) is 17.4. The van der Waals surface area contributed by atoms with Crippen LogP contribution < -0.4 is 16.1 Å². The second-order valence-corrected chi connectivity index (χ2v) is 4.34. The number of anilines is 1. The lowest BCUT2D eigenvalue weighted by Crippen LogP contribution is -2.65. The summed E-state index contributed by atoms with van der Waals surface area (Å²) < 4.78 is 0. The van der Waals surface area contributed by atoms with Crippen LogP contribution in [0.2, 0.25) is 0 Å². The minimum absolute atomic E-state index is 0.0591. The molecule has 0 aliphatic carbocycles. The molecule has 0 saturated heterocycles. The molecule has 0 radical (unpaired) electrons. The van der Waals surface area contributed by atoms with E-state index in [0.29, 0.717) is 5.12 Å². The number of nitrogens with one attached hydrogen (secondary N) is 2. The molecule has 1 aromatic carbocycles. The highest BCUT2D eigenvalue weighted by Crippen LogP contribution is 2.31. The fraction of sp³-hybridized carbons (Fsp3) is 0.111. The smallest absolute Gasteiger partial charge is 0.504 e. The molecule has 14 nitrogen and oxygen atoms in total. The first-order valence-electron chi connectivity index (χ1n) is 5.86. The molecule has 0 bridgehead atoms. The molecule has 14 heteroatoms. The van der Waals surface area contributed by atoms with Gasteiger partial charge in [0.05, 0.1) is 10.5 Å². The maximum Gasteiger partial charge on any atom is 0.504 e. The van der Waals surface area contributed by atoms with Crippen LogP contribution in [0.25, 0.3) is 0 Å². The van der Waals surface area contributed by atoms with Gasteiger partial charge in [0.15, 0.2) is 5.70 Å². The molecule has 2 N–H and O–H groups in total. The normalized spacial score (nSPS) is 20.2. The summed E-state index contributed by atoms with van der Waals surface area (Å²) in [6.45, 7) is 1.19. The van der Waals surface area contributed by atoms with Crippen molar-refractivity contribution in [1.29, 1.82) is 0 Å². The van der Waals surface area contributed by atoms with Gasteiger partial charge in [0.25, 0.3) is 5.69 Å². The van der Waals surface area contributed by atoms with Crippen molar-refractivity contribution in [2.24, 2.45) is 0 Å². The van der Waals surface area contributed by atoms with Gasteiger partial charge in [0.1, 0.15) is 10.6 Å². The highest BCUT2D eigenvalue weighted by atomic mass is 16.8. The molecule has 1 unspecified atom stereocenters. The Morgan fingerprint density at radius 2 is 1.65 bits per heavy atom. The summed E-state index contributed by atoms with van der Waals surface area (Å²) >= 11 is 0. The maximum absolute atomic E-state index is 12.7. The molecule has 1 aliphatic heterocycles. The van der Waals surface area contributed by atoms with Crippen LogP contribution in [0.5, 0.6) is 0 Å². The number of hydrogen-bond donors (Lipinski definition) is 2. The van der Waals surface area contributed by atoms with E-state index in [-0.39, 0.29) is 17.1 Å². The van der Waals surface area contributed by atoms with Gasteiger partial charge in [-0.05, 0) is 19.1 Å². The van der Waals surface area contributed by atoms with Crippen LogP contribution in [0.1, 0.15) is 6.92 Å². The lowest BCUT2D eigenvalue weighted by molar-refractivity contribution is -1.02. The molecule has 1 atom stereocenters. The Morgan fingerprint density at radius 3 is 2.09 bits per heavy atom. The molecule has 122 valence electrons. The topological polar surface area (TPSA) is 180 Å². The van der Waals surface area contributed by atoms with Crippen molar-refractivity contribution in [2.45, 2.75) is 6.92 Å². The van der Waals surface area contributed by atoms with Crippen LogP contribution in [0.15, 0.2) is 35.8 Å². The van der Waals surface area contributed by atoms with Crippen LogP contribution in [-0.2, 0) is 0 Å². The summed E-state index contributed by atoms with van der Waals surface area (Å²) in [5, 5.41) is 44.3. The summed E-state index contributed by atoms with van der Waals surface area (Å²) in [5.74, 6) is -1.04. The first-order valence-corrected chi connectivity index (χ1v) is 5.86. The Kier molecular flexibility index (Phi) is 3.69. The predicted octanol–water partition coefficient (Wildman–Crippen LogP) is 0.311. The van der Waals surface area contributed by atoms with Gasteiger partial charge in [0.2, 0.25) is 5.03 Å². The summed E-state index contributed by atoms with van der Waals surface area (Å²) in [6.07, 6.45) is 0. The average Bonchev–Trinajstić information content (AvgIpc) is 2.68. The third kappa shape index (κ3) is 2.65. The molecule has 2 rings (SSSR count). The van der Waals surface area contributed by atoms with Gasteiger partial charge in [-0.2, -0.15) is 0 Å². The van der Waals surface area contributed by atoms with Crippen LogP contribution in [0.4, 0.5) is 11.4 Å². The number of nitro benzene ring substituents is 1. The molecule has 1 heterocycles. The number of allylic oxidation sites excluding steroid dienone is 1. The van der Waals surface area contributed by atoms with Gasteiger partial charge in [-0.1, -0.05) is 5.12 Å². The highest BCUT2D eigenvalue weighted by Gasteiger charge is 2.54. The van der Waals surface area contributed by atoms with Crippen LogP contribution in [0.3, 0.4) is 0 Å². The van der Waals surface area contributed by atoms with Gasteiger partial charge in [-0.25, -0.2) is 15.5 Å². The van der Waals surface area contributed by atoms with Crippen molar-refractivity contribution >= 4 is 11.4 Å². The number of hydroxylamine groups is 1. The summed E-state index contributed by atoms with van der Waals surface area (Å²) in [4.78, 5) is 28.3. The van der Waals surface area contributed by atoms with E-state index in [9.17, 15) is 35.6 Å². The molecule has 23 heavy (non-hydrogen) atoms. The number of quaternary nitrogens is 1. The number of rotatable bonds is 5. The molecular formula is C9H9N7O7. The minimum Gasteiger partial charge on any atom is -0.565 e. The van der Waals surface area contributed by atoms with Crippen LogP contribution in [-0.4, -0.2) is 19.7 Å². The van der Waals surface area contributed by atoms with Crippen molar-refractivity contribution in [3.8, 4) is 0 Å². The van der Waals surface area contributed by atoms with Crippen molar-refractivity contribution in [2.75, 3.05) is 5.12 Å². The van der Waals surface area contributed by atoms with E-state index in [1.165, 1.54) is 12.5 Å². The number of hydrogen-bond acceptors (Lipinski definition) is 9. The van der Waals surface area contributed by atoms with E-state index in [0.717, 1.165) is 24.3 Å². The average molecular weight is 327 g/mol. The first-order chi connectivity index (χ1) is 10.7. The molecule has 0 spiro atoms. The molecule has 0 aromatic heterocycles. The Balaban J connectivity index is 2.47. The Morgan fingerprint density at radius 1 is 1.09 bits per heavy atom. The van der Waals surface area contributed by atoms with E-state index in [4.69, 9.17) is 0 Å². The van der Waals surface area contributed by atoms with Crippen LogP contribution in [0, 0.1) is 35.6 Å². The minimum atomic E-state index is -2.25. The number of benzene rings is 1. The molecule has 1 aromatic rings. The molecule has 0 fully saturated rings. The van der Waals surface area contributed by atoms with E-state index >= 15 is 0 Å². The van der Waals surface area contributed by atoms with E-state index < -0.39 is 25.6 Å². The van der Waals surface area contributed by atoms with Crippen molar-refractivity contribution in [3.63, 3.8) is 0 Å². The summed E-state index contributed by atoms with van der Waals surface area (Å²) in [7, 11) is 0. The van der Waals surface area contributed by atoms with Crippen LogP contribution >= 0.6 is 0 Å². The van der Waals surface area contributed by atoms with Gasteiger partial charge < -0.3 is 5.21 Å². The van der Waals surface area contributed by atoms with Gasteiger partial charge in [-0.15, -0.1) is 0 Å². The number of hydrazine groups is 2. The van der Waals surface area contributed by atoms with Gasteiger partial charge in [0, 0.05) is 17.0 Å². The van der Waals surface area contributed by atoms with Gasteiger partial charge >= 0.3 is 5.82 Å². The molecule has 0 saturated carbocycles. The van der Waals surface area contributed by atoms with Crippen molar-refractivity contribution in [3.05, 3.63) is 71.3 Å². The largest absolute Gasteiger partial charge is 0.565 e. The molecule has 0 amide bonds. The zero-order valence-corrected chi connectivity index (χ0v) is 11.4. The Labute approximate surface area is 126 Å². The third-order valence-corrected chi connectivity index (χ3v) is 2.87. The second kappa shape index (κ2) is 5.35. The lowest BCUT2D eigenvalue weighted by Gasteiger charge is -2.35. The number of non-ortho nitro benzene ring substituents is 1. The number of nitro groups is 3. The SMILES string of the molecule is CC1=C([N+](=O)[O-])[N+]([O-])(N[N+](=O)[O-])N(c2ccc([N+](=O)[O-])cc2)N1. The standard InChI is InChI=1S/C9H9N7O7/c1-6-9(14(19)20)16(23,11-15(21)22)12(10-6)7-2-4-8(5-3-7)13(17)18/h2-5,10-11H,1H3.